The molecule has 0 fully saturated rings. The SMILES string of the molecule is CCNC(CC)C(C)C(C)OC. The molecule has 3 unspecified atom stereocenters. The highest BCUT2D eigenvalue weighted by Gasteiger charge is 2.19. The largest absolute Gasteiger partial charge is 0.381 e. The minimum absolute atomic E-state index is 0.342. The molecule has 0 radical (unpaired) electrons. The van der Waals surface area contributed by atoms with Crippen molar-refractivity contribution >= 4 is 0 Å². The van der Waals surface area contributed by atoms with Crippen LogP contribution in [0.4, 0.5) is 0 Å². The number of hydrogen-bond acceptors (Lipinski definition) is 2. The molecule has 2 nitrogen and oxygen atoms in total. The monoisotopic (exact) mass is 173 g/mol. The minimum atomic E-state index is 0.342. The maximum Gasteiger partial charge on any atom is 0.0583 e. The van der Waals surface area contributed by atoms with Gasteiger partial charge in [-0.3, -0.25) is 0 Å². The van der Waals surface area contributed by atoms with Crippen molar-refractivity contribution in [2.45, 2.75) is 46.3 Å². The predicted molar refractivity (Wildman–Crippen MR) is 53.4 cm³/mol. The van der Waals surface area contributed by atoms with Gasteiger partial charge < -0.3 is 10.1 Å². The molecule has 0 aromatic carbocycles. The summed E-state index contributed by atoms with van der Waals surface area (Å²) in [5.41, 5.74) is 0. The summed E-state index contributed by atoms with van der Waals surface area (Å²) in [5, 5.41) is 3.47. The molecule has 74 valence electrons. The number of hydrogen-bond donors (Lipinski definition) is 1. The van der Waals surface area contributed by atoms with Gasteiger partial charge in [0.05, 0.1) is 6.10 Å². The van der Waals surface area contributed by atoms with E-state index in [-0.39, 0.29) is 0 Å². The molecule has 0 aromatic heterocycles. The number of rotatable bonds is 6. The second kappa shape index (κ2) is 6.44. The molecule has 0 bridgehead atoms. The first kappa shape index (κ1) is 11.9. The van der Waals surface area contributed by atoms with Gasteiger partial charge >= 0.3 is 0 Å². The van der Waals surface area contributed by atoms with E-state index < -0.39 is 0 Å². The molecular formula is C10H23NO. The summed E-state index contributed by atoms with van der Waals surface area (Å²) < 4.78 is 5.30. The summed E-state index contributed by atoms with van der Waals surface area (Å²) in [5.74, 6) is 0.583. The molecule has 0 saturated heterocycles. The van der Waals surface area contributed by atoms with Crippen LogP contribution in [0, 0.1) is 5.92 Å². The second-order valence-electron chi connectivity index (χ2n) is 3.37. The summed E-state index contributed by atoms with van der Waals surface area (Å²) in [6.07, 6.45) is 1.51. The van der Waals surface area contributed by atoms with E-state index in [0.29, 0.717) is 18.1 Å². The summed E-state index contributed by atoms with van der Waals surface area (Å²) in [6.45, 7) is 9.77. The fourth-order valence-corrected chi connectivity index (χ4v) is 1.51. The predicted octanol–water partition coefficient (Wildman–Crippen LogP) is 2.05. The Kier molecular flexibility index (Phi) is 6.39. The summed E-state index contributed by atoms with van der Waals surface area (Å²) in [7, 11) is 1.78. The molecule has 0 aliphatic rings. The molecule has 3 atom stereocenters. The van der Waals surface area contributed by atoms with Crippen molar-refractivity contribution in [1.82, 2.24) is 5.32 Å². The van der Waals surface area contributed by atoms with Crippen LogP contribution in [0.15, 0.2) is 0 Å². The lowest BCUT2D eigenvalue weighted by Crippen LogP contribution is -2.39. The van der Waals surface area contributed by atoms with Crippen LogP contribution in [0.3, 0.4) is 0 Å². The van der Waals surface area contributed by atoms with E-state index in [1.54, 1.807) is 7.11 Å². The van der Waals surface area contributed by atoms with E-state index in [2.05, 4.69) is 33.0 Å². The molecule has 0 saturated carbocycles. The topological polar surface area (TPSA) is 21.3 Å². The van der Waals surface area contributed by atoms with Gasteiger partial charge in [-0.05, 0) is 25.8 Å². The third kappa shape index (κ3) is 3.55. The van der Waals surface area contributed by atoms with E-state index in [9.17, 15) is 0 Å². The first-order chi connectivity index (χ1) is 5.67. The Morgan fingerprint density at radius 3 is 2.17 bits per heavy atom. The summed E-state index contributed by atoms with van der Waals surface area (Å²) in [6, 6.07) is 0.588. The standard InChI is InChI=1S/C10H23NO/c1-6-10(11-7-2)8(3)9(4)12-5/h8-11H,6-7H2,1-5H3. The van der Waals surface area contributed by atoms with Crippen molar-refractivity contribution in [2.75, 3.05) is 13.7 Å². The maximum absolute atomic E-state index is 5.30. The first-order valence-corrected chi connectivity index (χ1v) is 4.93. The summed E-state index contributed by atoms with van der Waals surface area (Å²) in [4.78, 5) is 0. The van der Waals surface area contributed by atoms with Crippen LogP contribution in [0.5, 0.6) is 0 Å². The fraction of sp³-hybridized carbons (Fsp3) is 1.00. The van der Waals surface area contributed by atoms with Crippen molar-refractivity contribution < 1.29 is 4.74 Å². The zero-order chi connectivity index (χ0) is 9.56. The Bertz CT molecular complexity index is 106. The number of ether oxygens (including phenoxy) is 1. The number of nitrogens with one attached hydrogen (secondary N) is 1. The Morgan fingerprint density at radius 1 is 1.25 bits per heavy atom. The molecule has 0 spiro atoms. The Balaban J connectivity index is 3.91. The van der Waals surface area contributed by atoms with Crippen molar-refractivity contribution in [1.29, 1.82) is 0 Å². The van der Waals surface area contributed by atoms with E-state index in [1.165, 1.54) is 6.42 Å². The lowest BCUT2D eigenvalue weighted by atomic mass is 9.94. The zero-order valence-corrected chi connectivity index (χ0v) is 9.05. The van der Waals surface area contributed by atoms with Gasteiger partial charge in [0, 0.05) is 13.2 Å². The lowest BCUT2D eigenvalue weighted by molar-refractivity contribution is 0.0570. The van der Waals surface area contributed by atoms with Gasteiger partial charge in [-0.15, -0.1) is 0 Å². The molecular weight excluding hydrogens is 150 g/mol. The van der Waals surface area contributed by atoms with E-state index >= 15 is 0 Å². The molecule has 0 aliphatic carbocycles. The van der Waals surface area contributed by atoms with Gasteiger partial charge in [-0.2, -0.15) is 0 Å². The van der Waals surface area contributed by atoms with Crippen molar-refractivity contribution in [2.24, 2.45) is 5.92 Å². The number of methoxy groups -OCH3 is 1. The van der Waals surface area contributed by atoms with Crippen LogP contribution >= 0.6 is 0 Å². The maximum atomic E-state index is 5.30. The average molecular weight is 173 g/mol. The van der Waals surface area contributed by atoms with Crippen LogP contribution in [0.1, 0.15) is 34.1 Å². The Labute approximate surface area is 76.7 Å². The molecule has 0 rings (SSSR count). The van der Waals surface area contributed by atoms with Gasteiger partial charge in [0.1, 0.15) is 0 Å². The van der Waals surface area contributed by atoms with Crippen LogP contribution in [0.2, 0.25) is 0 Å². The highest BCUT2D eigenvalue weighted by Crippen LogP contribution is 2.13. The smallest absolute Gasteiger partial charge is 0.0583 e. The van der Waals surface area contributed by atoms with Crippen molar-refractivity contribution in [3.8, 4) is 0 Å². The van der Waals surface area contributed by atoms with E-state index in [4.69, 9.17) is 4.74 Å². The van der Waals surface area contributed by atoms with Crippen molar-refractivity contribution in [3.63, 3.8) is 0 Å². The molecule has 0 amide bonds. The molecule has 0 heterocycles. The lowest BCUT2D eigenvalue weighted by Gasteiger charge is -2.27. The van der Waals surface area contributed by atoms with E-state index in [0.717, 1.165) is 6.54 Å². The average Bonchev–Trinajstić information content (AvgIpc) is 2.11. The normalized spacial score (nSPS) is 18.8. The van der Waals surface area contributed by atoms with E-state index in [1.807, 2.05) is 0 Å². The zero-order valence-electron chi connectivity index (χ0n) is 9.05. The van der Waals surface area contributed by atoms with Gasteiger partial charge in [0.25, 0.3) is 0 Å². The molecule has 0 aliphatic heterocycles. The van der Waals surface area contributed by atoms with Crippen LogP contribution in [-0.2, 0) is 4.74 Å². The van der Waals surface area contributed by atoms with Crippen LogP contribution < -0.4 is 5.32 Å². The second-order valence-corrected chi connectivity index (χ2v) is 3.37. The fourth-order valence-electron chi connectivity index (χ4n) is 1.51. The third-order valence-electron chi connectivity index (χ3n) is 2.65. The highest BCUT2D eigenvalue weighted by molar-refractivity contribution is 4.75. The molecule has 12 heavy (non-hydrogen) atoms. The third-order valence-corrected chi connectivity index (χ3v) is 2.65. The quantitative estimate of drug-likeness (QED) is 0.663. The van der Waals surface area contributed by atoms with Gasteiger partial charge in [0.2, 0.25) is 0 Å². The Hall–Kier alpha value is -0.0800. The first-order valence-electron chi connectivity index (χ1n) is 4.93. The highest BCUT2D eigenvalue weighted by atomic mass is 16.5. The minimum Gasteiger partial charge on any atom is -0.381 e. The van der Waals surface area contributed by atoms with Crippen LogP contribution in [0.25, 0.3) is 0 Å². The van der Waals surface area contributed by atoms with Gasteiger partial charge in [0.15, 0.2) is 0 Å². The molecule has 0 aromatic rings. The Morgan fingerprint density at radius 2 is 1.83 bits per heavy atom. The molecule has 1 N–H and O–H groups in total. The molecule has 2 heteroatoms. The van der Waals surface area contributed by atoms with Gasteiger partial charge in [-0.25, -0.2) is 0 Å². The van der Waals surface area contributed by atoms with Gasteiger partial charge in [-0.1, -0.05) is 20.8 Å². The van der Waals surface area contributed by atoms with Crippen LogP contribution in [-0.4, -0.2) is 25.8 Å². The summed E-state index contributed by atoms with van der Waals surface area (Å²) >= 11 is 0. The van der Waals surface area contributed by atoms with Crippen molar-refractivity contribution in [3.05, 3.63) is 0 Å².